The topological polar surface area (TPSA) is 49.7 Å². The highest BCUT2D eigenvalue weighted by atomic mass is 19.4. The van der Waals surface area contributed by atoms with Gasteiger partial charge in [-0.2, -0.15) is 13.2 Å². The molecule has 0 radical (unpaired) electrons. The second-order valence-corrected chi connectivity index (χ2v) is 7.97. The van der Waals surface area contributed by atoms with Crippen LogP contribution in [0.3, 0.4) is 0 Å². The number of fused-ring (bicyclic) bond motifs is 1. The summed E-state index contributed by atoms with van der Waals surface area (Å²) in [6.45, 7) is 0.919. The summed E-state index contributed by atoms with van der Waals surface area (Å²) >= 11 is 0. The van der Waals surface area contributed by atoms with Crippen molar-refractivity contribution in [2.45, 2.75) is 31.2 Å². The van der Waals surface area contributed by atoms with Gasteiger partial charge >= 0.3 is 6.18 Å². The van der Waals surface area contributed by atoms with Gasteiger partial charge in [0.1, 0.15) is 12.4 Å². The Morgan fingerprint density at radius 3 is 2.50 bits per heavy atom. The SMILES string of the molecule is COC1(c2cc(OCc3ccc4c(ccc(=O)n4C)c3)cc(C(F)(F)F)c2)CCOCC1. The zero-order chi connectivity index (χ0) is 22.9. The van der Waals surface area contributed by atoms with Crippen LogP contribution in [0.25, 0.3) is 10.9 Å². The minimum absolute atomic E-state index is 0.0859. The van der Waals surface area contributed by atoms with Crippen LogP contribution >= 0.6 is 0 Å². The number of methoxy groups -OCH3 is 1. The van der Waals surface area contributed by atoms with Crippen LogP contribution < -0.4 is 10.3 Å². The average molecular weight is 447 g/mol. The molecule has 0 unspecified atom stereocenters. The summed E-state index contributed by atoms with van der Waals surface area (Å²) < 4.78 is 59.2. The number of benzene rings is 2. The number of hydrogen-bond acceptors (Lipinski definition) is 4. The Morgan fingerprint density at radius 2 is 1.81 bits per heavy atom. The van der Waals surface area contributed by atoms with Gasteiger partial charge in [0.05, 0.1) is 16.7 Å². The van der Waals surface area contributed by atoms with Crippen LogP contribution in [0.5, 0.6) is 5.75 Å². The number of hydrogen-bond donors (Lipinski definition) is 0. The van der Waals surface area contributed by atoms with Crippen molar-refractivity contribution in [2.75, 3.05) is 20.3 Å². The molecule has 0 saturated carbocycles. The average Bonchev–Trinajstić information content (AvgIpc) is 2.80. The third-order valence-electron chi connectivity index (χ3n) is 6.05. The maximum absolute atomic E-state index is 13.6. The second-order valence-electron chi connectivity index (χ2n) is 7.97. The lowest BCUT2D eigenvalue weighted by atomic mass is 9.85. The molecule has 2 heterocycles. The van der Waals surface area contributed by atoms with E-state index >= 15 is 0 Å². The summed E-state index contributed by atoms with van der Waals surface area (Å²) in [4.78, 5) is 11.8. The molecule has 0 aliphatic carbocycles. The van der Waals surface area contributed by atoms with Crippen molar-refractivity contribution in [3.8, 4) is 5.75 Å². The van der Waals surface area contributed by atoms with E-state index in [1.54, 1.807) is 31.3 Å². The molecular formula is C24H24F3NO4. The number of aryl methyl sites for hydroxylation is 1. The van der Waals surface area contributed by atoms with Crippen molar-refractivity contribution in [1.29, 1.82) is 0 Å². The summed E-state index contributed by atoms with van der Waals surface area (Å²) in [5.41, 5.74) is 0.249. The maximum Gasteiger partial charge on any atom is 0.416 e. The van der Waals surface area contributed by atoms with Gasteiger partial charge in [-0.25, -0.2) is 0 Å². The van der Waals surface area contributed by atoms with Gasteiger partial charge in [0.25, 0.3) is 5.56 Å². The zero-order valence-corrected chi connectivity index (χ0v) is 17.9. The minimum atomic E-state index is -4.51. The molecule has 0 N–H and O–H groups in total. The van der Waals surface area contributed by atoms with E-state index < -0.39 is 17.3 Å². The first kappa shape index (κ1) is 22.4. The molecule has 1 aliphatic heterocycles. The Balaban J connectivity index is 1.65. The highest BCUT2D eigenvalue weighted by Crippen LogP contribution is 2.41. The van der Waals surface area contributed by atoms with Crippen molar-refractivity contribution in [3.05, 3.63) is 75.6 Å². The van der Waals surface area contributed by atoms with Crippen molar-refractivity contribution in [3.63, 3.8) is 0 Å². The lowest BCUT2D eigenvalue weighted by molar-refractivity contribution is -0.138. The number of nitrogens with zero attached hydrogens (tertiary/aromatic N) is 1. The minimum Gasteiger partial charge on any atom is -0.489 e. The molecule has 1 aromatic heterocycles. The molecule has 1 fully saturated rings. The van der Waals surface area contributed by atoms with Crippen molar-refractivity contribution in [1.82, 2.24) is 4.57 Å². The molecule has 32 heavy (non-hydrogen) atoms. The lowest BCUT2D eigenvalue weighted by Gasteiger charge is -2.36. The predicted molar refractivity (Wildman–Crippen MR) is 114 cm³/mol. The Kier molecular flexibility index (Phi) is 6.01. The van der Waals surface area contributed by atoms with Gasteiger partial charge in [0.2, 0.25) is 0 Å². The van der Waals surface area contributed by atoms with E-state index in [1.807, 2.05) is 6.07 Å². The van der Waals surface area contributed by atoms with E-state index in [0.717, 1.165) is 28.6 Å². The van der Waals surface area contributed by atoms with E-state index in [-0.39, 0.29) is 17.9 Å². The standard InChI is InChI=1S/C24H24F3NO4/c1-28-21-5-3-16(11-17(21)4-6-22(28)29)15-32-20-13-18(12-19(14-20)24(25,26)27)23(30-2)7-9-31-10-8-23/h3-6,11-14H,7-10,15H2,1-2H3. The summed E-state index contributed by atoms with van der Waals surface area (Å²) in [6, 6.07) is 12.4. The van der Waals surface area contributed by atoms with Crippen LogP contribution in [0.4, 0.5) is 13.2 Å². The molecule has 1 aliphatic rings. The molecule has 8 heteroatoms. The summed E-state index contributed by atoms with van der Waals surface area (Å²) in [5.74, 6) is 0.123. The van der Waals surface area contributed by atoms with Crippen LogP contribution in [0.15, 0.2) is 53.3 Å². The number of aromatic nitrogens is 1. The first-order valence-corrected chi connectivity index (χ1v) is 10.3. The Morgan fingerprint density at radius 1 is 1.06 bits per heavy atom. The molecular weight excluding hydrogens is 423 g/mol. The van der Waals surface area contributed by atoms with Crippen molar-refractivity contribution < 1.29 is 27.4 Å². The van der Waals surface area contributed by atoms with Crippen LogP contribution in [0, 0.1) is 0 Å². The number of pyridine rings is 1. The fourth-order valence-corrected chi connectivity index (χ4v) is 4.11. The maximum atomic E-state index is 13.6. The van der Waals surface area contributed by atoms with Gasteiger partial charge in [0, 0.05) is 46.3 Å². The van der Waals surface area contributed by atoms with Crippen LogP contribution in [-0.2, 0) is 34.9 Å². The number of ether oxygens (including phenoxy) is 3. The monoisotopic (exact) mass is 447 g/mol. The molecule has 4 rings (SSSR count). The normalized spacial score (nSPS) is 16.3. The molecule has 3 aromatic rings. The van der Waals surface area contributed by atoms with E-state index in [4.69, 9.17) is 14.2 Å². The molecule has 5 nitrogen and oxygen atoms in total. The van der Waals surface area contributed by atoms with Gasteiger partial charge in [-0.15, -0.1) is 0 Å². The number of halogens is 3. The number of rotatable bonds is 5. The Labute approximate surface area is 183 Å². The summed E-state index contributed by atoms with van der Waals surface area (Å²) in [5, 5.41) is 0.846. The predicted octanol–water partition coefficient (Wildman–Crippen LogP) is 4.79. The third kappa shape index (κ3) is 4.38. The molecule has 2 aromatic carbocycles. The van der Waals surface area contributed by atoms with Crippen molar-refractivity contribution in [2.24, 2.45) is 7.05 Å². The third-order valence-corrected chi connectivity index (χ3v) is 6.05. The fraction of sp³-hybridized carbons (Fsp3) is 0.375. The largest absolute Gasteiger partial charge is 0.489 e. The van der Waals surface area contributed by atoms with E-state index in [2.05, 4.69) is 0 Å². The second kappa shape index (κ2) is 8.60. The molecule has 0 bridgehead atoms. The lowest BCUT2D eigenvalue weighted by Crippen LogP contribution is -2.35. The summed E-state index contributed by atoms with van der Waals surface area (Å²) in [6.07, 6.45) is -3.58. The first-order chi connectivity index (χ1) is 15.2. The highest BCUT2D eigenvalue weighted by molar-refractivity contribution is 5.79. The fourth-order valence-electron chi connectivity index (χ4n) is 4.11. The molecule has 170 valence electrons. The molecule has 0 amide bonds. The molecule has 1 saturated heterocycles. The number of alkyl halides is 3. The van der Waals surface area contributed by atoms with Gasteiger partial charge in [0.15, 0.2) is 0 Å². The zero-order valence-electron chi connectivity index (χ0n) is 17.9. The highest BCUT2D eigenvalue weighted by Gasteiger charge is 2.38. The van der Waals surface area contributed by atoms with Crippen molar-refractivity contribution >= 4 is 10.9 Å². The summed E-state index contributed by atoms with van der Waals surface area (Å²) in [7, 11) is 3.20. The smallest absolute Gasteiger partial charge is 0.416 e. The quantitative estimate of drug-likeness (QED) is 0.565. The van der Waals surface area contributed by atoms with Crippen LogP contribution in [0.1, 0.15) is 29.5 Å². The molecule has 0 spiro atoms. The van der Waals surface area contributed by atoms with Gasteiger partial charge in [-0.1, -0.05) is 6.07 Å². The first-order valence-electron chi connectivity index (χ1n) is 10.3. The van der Waals surface area contributed by atoms with Crippen LogP contribution in [0.2, 0.25) is 0 Å². The van der Waals surface area contributed by atoms with Crippen LogP contribution in [-0.4, -0.2) is 24.9 Å². The van der Waals surface area contributed by atoms with Gasteiger partial charge in [-0.05, 0) is 52.9 Å². The molecule has 0 atom stereocenters. The van der Waals surface area contributed by atoms with E-state index in [1.165, 1.54) is 17.7 Å². The Bertz CT molecular complexity index is 1180. The van der Waals surface area contributed by atoms with Gasteiger partial charge in [-0.3, -0.25) is 4.79 Å². The Hall–Kier alpha value is -2.84. The van der Waals surface area contributed by atoms with E-state index in [0.29, 0.717) is 31.6 Å². The van der Waals surface area contributed by atoms with E-state index in [9.17, 15) is 18.0 Å². The van der Waals surface area contributed by atoms with Gasteiger partial charge < -0.3 is 18.8 Å².